The zero-order chi connectivity index (χ0) is 19.2. The molecule has 2 saturated heterocycles. The zero-order valence-corrected chi connectivity index (χ0v) is 16.5. The van der Waals surface area contributed by atoms with Crippen LogP contribution in [0.3, 0.4) is 0 Å². The molecule has 2 amide bonds. The average Bonchev–Trinajstić information content (AvgIpc) is 3.30. The van der Waals surface area contributed by atoms with Crippen molar-refractivity contribution >= 4 is 6.03 Å². The Balaban J connectivity index is 1.19. The number of nitrogens with one attached hydrogen (secondary N) is 1. The van der Waals surface area contributed by atoms with Crippen LogP contribution in [-0.2, 0) is 11.2 Å². The first kappa shape index (κ1) is 19.0. The Hall–Kier alpha value is -2.33. The third-order valence-corrected chi connectivity index (χ3v) is 6.07. The number of likely N-dealkylation sites (tertiary alicyclic amines) is 1. The van der Waals surface area contributed by atoms with Crippen LogP contribution in [0.2, 0.25) is 0 Å². The monoisotopic (exact) mass is 378 g/mol. The molecule has 148 valence electrons. The molecule has 4 nitrogen and oxygen atoms in total. The predicted octanol–water partition coefficient (Wildman–Crippen LogP) is 4.50. The molecule has 2 aromatic rings. The number of carbonyl (C=O) groups is 1. The van der Waals surface area contributed by atoms with E-state index in [-0.39, 0.29) is 6.03 Å². The topological polar surface area (TPSA) is 41.6 Å². The molecule has 28 heavy (non-hydrogen) atoms. The van der Waals surface area contributed by atoms with Crippen molar-refractivity contribution in [2.45, 2.75) is 38.2 Å². The van der Waals surface area contributed by atoms with E-state index in [1.165, 1.54) is 29.5 Å². The summed E-state index contributed by atoms with van der Waals surface area (Å²) in [5.74, 6) is 0.634. The number of carbonyl (C=O) groups excluding carboxylic acids is 1. The molecule has 2 aliphatic heterocycles. The minimum Gasteiger partial charge on any atom is -0.378 e. The first-order valence-corrected chi connectivity index (χ1v) is 10.6. The number of amides is 2. The number of rotatable bonds is 5. The summed E-state index contributed by atoms with van der Waals surface area (Å²) in [6, 6.07) is 19.1. The third-order valence-electron chi connectivity index (χ3n) is 6.07. The third kappa shape index (κ3) is 4.74. The van der Waals surface area contributed by atoms with Gasteiger partial charge in [-0.15, -0.1) is 0 Å². The van der Waals surface area contributed by atoms with Crippen molar-refractivity contribution in [3.63, 3.8) is 0 Å². The van der Waals surface area contributed by atoms with Gasteiger partial charge in [0.05, 0.1) is 6.10 Å². The van der Waals surface area contributed by atoms with Crippen molar-refractivity contribution in [3.05, 3.63) is 60.2 Å². The van der Waals surface area contributed by atoms with Gasteiger partial charge in [0.15, 0.2) is 0 Å². The first-order chi connectivity index (χ1) is 13.8. The molecule has 0 aromatic heterocycles. The van der Waals surface area contributed by atoms with Crippen molar-refractivity contribution < 1.29 is 9.53 Å². The van der Waals surface area contributed by atoms with Crippen molar-refractivity contribution in [3.8, 4) is 11.1 Å². The van der Waals surface area contributed by atoms with E-state index in [0.717, 1.165) is 39.0 Å². The summed E-state index contributed by atoms with van der Waals surface area (Å²) in [6.45, 7) is 3.29. The van der Waals surface area contributed by atoms with Gasteiger partial charge in [0.1, 0.15) is 0 Å². The SMILES string of the molecule is O=C(NCCc1ccc(-c2ccccc2)cc1)N1CCC(C2CCCO2)CC1. The lowest BCUT2D eigenvalue weighted by Gasteiger charge is -2.34. The van der Waals surface area contributed by atoms with Crippen LogP contribution in [0, 0.1) is 5.92 Å². The van der Waals surface area contributed by atoms with E-state index in [0.29, 0.717) is 18.6 Å². The van der Waals surface area contributed by atoms with E-state index in [9.17, 15) is 4.79 Å². The van der Waals surface area contributed by atoms with E-state index >= 15 is 0 Å². The van der Waals surface area contributed by atoms with Crippen LogP contribution in [0.4, 0.5) is 4.79 Å². The molecule has 0 aliphatic carbocycles. The van der Waals surface area contributed by atoms with Gasteiger partial charge in [0, 0.05) is 26.2 Å². The summed E-state index contributed by atoms with van der Waals surface area (Å²) >= 11 is 0. The van der Waals surface area contributed by atoms with Crippen molar-refractivity contribution in [2.24, 2.45) is 5.92 Å². The molecule has 0 spiro atoms. The fraction of sp³-hybridized carbons (Fsp3) is 0.458. The second kappa shape index (κ2) is 9.24. The van der Waals surface area contributed by atoms with Gasteiger partial charge in [0.25, 0.3) is 0 Å². The van der Waals surface area contributed by atoms with Crippen molar-refractivity contribution in [1.29, 1.82) is 0 Å². The maximum absolute atomic E-state index is 12.4. The van der Waals surface area contributed by atoms with E-state index in [1.54, 1.807) is 0 Å². The second-order valence-electron chi connectivity index (χ2n) is 7.92. The summed E-state index contributed by atoms with van der Waals surface area (Å²) in [7, 11) is 0. The summed E-state index contributed by atoms with van der Waals surface area (Å²) in [5.41, 5.74) is 3.70. The van der Waals surface area contributed by atoms with Crippen molar-refractivity contribution in [2.75, 3.05) is 26.2 Å². The largest absolute Gasteiger partial charge is 0.378 e. The van der Waals surface area contributed by atoms with Gasteiger partial charge in [-0.05, 0) is 54.7 Å². The molecule has 2 aromatic carbocycles. The van der Waals surface area contributed by atoms with Crippen LogP contribution in [0.25, 0.3) is 11.1 Å². The highest BCUT2D eigenvalue weighted by Gasteiger charge is 2.30. The summed E-state index contributed by atoms with van der Waals surface area (Å²) in [4.78, 5) is 14.4. The number of benzene rings is 2. The predicted molar refractivity (Wildman–Crippen MR) is 112 cm³/mol. The van der Waals surface area contributed by atoms with Gasteiger partial charge in [-0.2, -0.15) is 0 Å². The summed E-state index contributed by atoms with van der Waals surface area (Å²) < 4.78 is 5.82. The van der Waals surface area contributed by atoms with E-state index in [2.05, 4.69) is 53.8 Å². The number of urea groups is 1. The fourth-order valence-electron chi connectivity index (χ4n) is 4.37. The minimum absolute atomic E-state index is 0.0756. The number of hydrogen-bond acceptors (Lipinski definition) is 2. The lowest BCUT2D eigenvalue weighted by atomic mass is 9.90. The molecule has 1 atom stereocenters. The molecule has 4 heteroatoms. The van der Waals surface area contributed by atoms with Crippen LogP contribution in [-0.4, -0.2) is 43.3 Å². The van der Waals surface area contributed by atoms with Gasteiger partial charge < -0.3 is 15.0 Å². The molecular weight excluding hydrogens is 348 g/mol. The Morgan fingerprint density at radius 1 is 0.964 bits per heavy atom. The van der Waals surface area contributed by atoms with E-state index in [4.69, 9.17) is 4.74 Å². The molecule has 2 fully saturated rings. The standard InChI is InChI=1S/C24H30N2O2/c27-24(26-16-13-22(14-17-26)23-7-4-18-28-23)25-15-12-19-8-10-21(11-9-19)20-5-2-1-3-6-20/h1-3,5-6,8-11,22-23H,4,7,12-18H2,(H,25,27). The van der Waals surface area contributed by atoms with E-state index < -0.39 is 0 Å². The highest BCUT2D eigenvalue weighted by molar-refractivity contribution is 5.74. The van der Waals surface area contributed by atoms with Crippen LogP contribution in [0.5, 0.6) is 0 Å². The zero-order valence-electron chi connectivity index (χ0n) is 16.5. The van der Waals surface area contributed by atoms with Gasteiger partial charge in [0.2, 0.25) is 0 Å². The van der Waals surface area contributed by atoms with Gasteiger partial charge in [-0.1, -0.05) is 54.6 Å². The normalized spacial score (nSPS) is 20.3. The quantitative estimate of drug-likeness (QED) is 0.832. The average molecular weight is 379 g/mol. The Morgan fingerprint density at radius 2 is 1.68 bits per heavy atom. The van der Waals surface area contributed by atoms with Gasteiger partial charge >= 0.3 is 6.03 Å². The second-order valence-corrected chi connectivity index (χ2v) is 7.92. The number of ether oxygens (including phenoxy) is 1. The van der Waals surface area contributed by atoms with Crippen molar-refractivity contribution in [1.82, 2.24) is 10.2 Å². The maximum atomic E-state index is 12.4. The number of nitrogens with zero attached hydrogens (tertiary/aromatic N) is 1. The lowest BCUT2D eigenvalue weighted by molar-refractivity contribution is 0.0373. The number of hydrogen-bond donors (Lipinski definition) is 1. The Morgan fingerprint density at radius 3 is 2.36 bits per heavy atom. The maximum Gasteiger partial charge on any atom is 0.317 e. The Bertz CT molecular complexity index is 746. The molecular formula is C24H30N2O2. The molecule has 0 saturated carbocycles. The molecule has 2 aliphatic rings. The minimum atomic E-state index is 0.0756. The molecule has 0 bridgehead atoms. The lowest BCUT2D eigenvalue weighted by Crippen LogP contribution is -2.46. The fourth-order valence-corrected chi connectivity index (χ4v) is 4.37. The highest BCUT2D eigenvalue weighted by atomic mass is 16.5. The molecule has 4 rings (SSSR count). The van der Waals surface area contributed by atoms with Gasteiger partial charge in [-0.25, -0.2) is 4.79 Å². The Labute approximate surface area is 167 Å². The summed E-state index contributed by atoms with van der Waals surface area (Å²) in [6.07, 6.45) is 5.81. The Kier molecular flexibility index (Phi) is 6.27. The van der Waals surface area contributed by atoms with Crippen LogP contribution < -0.4 is 5.32 Å². The smallest absolute Gasteiger partial charge is 0.317 e. The molecule has 0 radical (unpaired) electrons. The number of piperidine rings is 1. The first-order valence-electron chi connectivity index (χ1n) is 10.6. The molecule has 2 heterocycles. The summed E-state index contributed by atoms with van der Waals surface area (Å²) in [5, 5.41) is 3.09. The van der Waals surface area contributed by atoms with E-state index in [1.807, 2.05) is 11.0 Å². The highest BCUT2D eigenvalue weighted by Crippen LogP contribution is 2.28. The van der Waals surface area contributed by atoms with Gasteiger partial charge in [-0.3, -0.25) is 0 Å². The molecule has 1 N–H and O–H groups in total. The molecule has 1 unspecified atom stereocenters. The van der Waals surface area contributed by atoms with Crippen LogP contribution in [0.1, 0.15) is 31.2 Å². The van der Waals surface area contributed by atoms with Crippen LogP contribution >= 0.6 is 0 Å². The van der Waals surface area contributed by atoms with Crippen LogP contribution in [0.15, 0.2) is 54.6 Å².